The Morgan fingerprint density at radius 2 is 2.11 bits per heavy atom. The van der Waals surface area contributed by atoms with E-state index in [1.807, 2.05) is 7.05 Å². The first kappa shape index (κ1) is 14.5. The molecule has 1 N–H and O–H groups in total. The van der Waals surface area contributed by atoms with E-state index in [1.54, 1.807) is 0 Å². The van der Waals surface area contributed by atoms with Gasteiger partial charge in [-0.15, -0.1) is 0 Å². The minimum absolute atomic E-state index is 0.154. The zero-order valence-electron chi connectivity index (χ0n) is 12.1. The van der Waals surface area contributed by atoms with Crippen LogP contribution in [-0.2, 0) is 4.74 Å². The Kier molecular flexibility index (Phi) is 5.83. The van der Waals surface area contributed by atoms with E-state index in [0.717, 1.165) is 13.2 Å². The molecule has 1 aromatic carbocycles. The van der Waals surface area contributed by atoms with Gasteiger partial charge in [-0.25, -0.2) is 0 Å². The average Bonchev–Trinajstić information content (AvgIpc) is 2.46. The number of piperidine rings is 1. The molecule has 3 nitrogen and oxygen atoms in total. The van der Waals surface area contributed by atoms with Crippen LogP contribution in [0.25, 0.3) is 0 Å². The molecule has 0 saturated carbocycles. The monoisotopic (exact) mass is 262 g/mol. The predicted octanol–water partition coefficient (Wildman–Crippen LogP) is 2.45. The summed E-state index contributed by atoms with van der Waals surface area (Å²) in [6.07, 6.45) is 4.07. The van der Waals surface area contributed by atoms with Gasteiger partial charge in [0.05, 0.1) is 12.7 Å². The van der Waals surface area contributed by atoms with Gasteiger partial charge in [0.15, 0.2) is 0 Å². The second kappa shape index (κ2) is 7.63. The molecule has 0 radical (unpaired) electrons. The SMILES string of the molecule is CNCC(OCC1CCCCN1C)c1ccccc1. The second-order valence-electron chi connectivity index (χ2n) is 5.42. The number of likely N-dealkylation sites (N-methyl/N-ethyl adjacent to an activating group) is 2. The Hall–Kier alpha value is -0.900. The summed E-state index contributed by atoms with van der Waals surface area (Å²) in [6.45, 7) is 2.90. The van der Waals surface area contributed by atoms with Gasteiger partial charge in [-0.3, -0.25) is 0 Å². The van der Waals surface area contributed by atoms with Gasteiger partial charge in [-0.2, -0.15) is 0 Å². The summed E-state index contributed by atoms with van der Waals surface area (Å²) in [5.74, 6) is 0. The third-order valence-corrected chi connectivity index (χ3v) is 3.97. The summed E-state index contributed by atoms with van der Waals surface area (Å²) in [5, 5.41) is 3.23. The van der Waals surface area contributed by atoms with E-state index in [9.17, 15) is 0 Å². The lowest BCUT2D eigenvalue weighted by Crippen LogP contribution is -2.40. The fraction of sp³-hybridized carbons (Fsp3) is 0.625. The van der Waals surface area contributed by atoms with Gasteiger partial charge in [0.25, 0.3) is 0 Å². The Morgan fingerprint density at radius 1 is 1.32 bits per heavy atom. The van der Waals surface area contributed by atoms with E-state index in [-0.39, 0.29) is 6.10 Å². The average molecular weight is 262 g/mol. The summed E-state index contributed by atoms with van der Waals surface area (Å²) in [7, 11) is 4.19. The molecular weight excluding hydrogens is 236 g/mol. The first-order valence-electron chi connectivity index (χ1n) is 7.32. The molecule has 3 heteroatoms. The van der Waals surface area contributed by atoms with Gasteiger partial charge in [-0.1, -0.05) is 36.8 Å². The maximum Gasteiger partial charge on any atom is 0.0949 e. The molecule has 1 aliphatic rings. The summed E-state index contributed by atoms with van der Waals surface area (Å²) >= 11 is 0. The first-order valence-corrected chi connectivity index (χ1v) is 7.32. The quantitative estimate of drug-likeness (QED) is 0.852. The zero-order valence-corrected chi connectivity index (χ0v) is 12.1. The van der Waals surface area contributed by atoms with Crippen molar-refractivity contribution in [2.24, 2.45) is 0 Å². The highest BCUT2D eigenvalue weighted by Gasteiger charge is 2.21. The Balaban J connectivity index is 1.90. The van der Waals surface area contributed by atoms with Crippen LogP contribution in [0.1, 0.15) is 30.9 Å². The fourth-order valence-electron chi connectivity index (χ4n) is 2.71. The third kappa shape index (κ3) is 4.30. The van der Waals surface area contributed by atoms with Gasteiger partial charge < -0.3 is 15.0 Å². The van der Waals surface area contributed by atoms with E-state index in [1.165, 1.54) is 31.4 Å². The highest BCUT2D eigenvalue weighted by Crippen LogP contribution is 2.20. The molecule has 0 amide bonds. The van der Waals surface area contributed by atoms with Crippen LogP contribution in [0.2, 0.25) is 0 Å². The van der Waals surface area contributed by atoms with Gasteiger partial charge in [-0.05, 0) is 39.0 Å². The predicted molar refractivity (Wildman–Crippen MR) is 79.3 cm³/mol. The number of likely N-dealkylation sites (tertiary alicyclic amines) is 1. The van der Waals surface area contributed by atoms with Crippen molar-refractivity contribution in [2.45, 2.75) is 31.4 Å². The van der Waals surface area contributed by atoms with Crippen LogP contribution >= 0.6 is 0 Å². The van der Waals surface area contributed by atoms with Gasteiger partial charge in [0.2, 0.25) is 0 Å². The van der Waals surface area contributed by atoms with Crippen LogP contribution < -0.4 is 5.32 Å². The normalized spacial score (nSPS) is 22.3. The maximum atomic E-state index is 6.17. The Morgan fingerprint density at radius 3 is 2.79 bits per heavy atom. The molecule has 2 unspecified atom stereocenters. The lowest BCUT2D eigenvalue weighted by Gasteiger charge is -2.33. The summed E-state index contributed by atoms with van der Waals surface area (Å²) < 4.78 is 6.17. The van der Waals surface area contributed by atoms with Crippen molar-refractivity contribution in [3.05, 3.63) is 35.9 Å². The smallest absolute Gasteiger partial charge is 0.0949 e. The molecule has 19 heavy (non-hydrogen) atoms. The fourth-order valence-corrected chi connectivity index (χ4v) is 2.71. The summed E-state index contributed by atoms with van der Waals surface area (Å²) in [4.78, 5) is 2.44. The number of benzene rings is 1. The minimum Gasteiger partial charge on any atom is -0.371 e. The molecule has 2 rings (SSSR count). The lowest BCUT2D eigenvalue weighted by atomic mass is 10.0. The van der Waals surface area contributed by atoms with Crippen molar-refractivity contribution < 1.29 is 4.74 Å². The maximum absolute atomic E-state index is 6.17. The molecule has 1 heterocycles. The van der Waals surface area contributed by atoms with Gasteiger partial charge >= 0.3 is 0 Å². The topological polar surface area (TPSA) is 24.5 Å². The van der Waals surface area contributed by atoms with Crippen molar-refractivity contribution in [2.75, 3.05) is 33.8 Å². The van der Waals surface area contributed by atoms with Crippen LogP contribution in [0.15, 0.2) is 30.3 Å². The Bertz CT molecular complexity index is 355. The van der Waals surface area contributed by atoms with Crippen molar-refractivity contribution in [3.8, 4) is 0 Å². The van der Waals surface area contributed by atoms with Crippen LogP contribution in [-0.4, -0.2) is 44.7 Å². The number of rotatable bonds is 6. The molecule has 0 aliphatic carbocycles. The molecule has 2 atom stereocenters. The van der Waals surface area contributed by atoms with E-state index in [2.05, 4.69) is 47.6 Å². The zero-order chi connectivity index (χ0) is 13.5. The summed E-state index contributed by atoms with van der Waals surface area (Å²) in [5.41, 5.74) is 1.26. The first-order chi connectivity index (χ1) is 9.31. The largest absolute Gasteiger partial charge is 0.371 e. The second-order valence-corrected chi connectivity index (χ2v) is 5.42. The highest BCUT2D eigenvalue weighted by atomic mass is 16.5. The van der Waals surface area contributed by atoms with Crippen LogP contribution in [0.3, 0.4) is 0 Å². The molecule has 1 aromatic rings. The number of hydrogen-bond acceptors (Lipinski definition) is 3. The van der Waals surface area contributed by atoms with E-state index >= 15 is 0 Å². The van der Waals surface area contributed by atoms with Crippen molar-refractivity contribution in [1.29, 1.82) is 0 Å². The molecule has 1 aliphatic heterocycles. The molecule has 1 saturated heterocycles. The number of nitrogens with one attached hydrogen (secondary N) is 1. The van der Waals surface area contributed by atoms with E-state index in [4.69, 9.17) is 4.74 Å². The van der Waals surface area contributed by atoms with E-state index in [0.29, 0.717) is 6.04 Å². The third-order valence-electron chi connectivity index (χ3n) is 3.97. The van der Waals surface area contributed by atoms with Crippen LogP contribution in [0.5, 0.6) is 0 Å². The highest BCUT2D eigenvalue weighted by molar-refractivity contribution is 5.17. The standard InChI is InChI=1S/C16H26N2O/c1-17-12-16(14-8-4-3-5-9-14)19-13-15-10-6-7-11-18(15)2/h3-5,8-9,15-17H,6-7,10-13H2,1-2H3. The van der Waals surface area contributed by atoms with Crippen LogP contribution in [0, 0.1) is 0 Å². The Labute approximate surface area is 116 Å². The molecule has 0 aromatic heterocycles. The van der Waals surface area contributed by atoms with E-state index < -0.39 is 0 Å². The van der Waals surface area contributed by atoms with Crippen molar-refractivity contribution >= 4 is 0 Å². The molecule has 106 valence electrons. The van der Waals surface area contributed by atoms with Crippen molar-refractivity contribution in [1.82, 2.24) is 10.2 Å². The molecular formula is C16H26N2O. The number of hydrogen-bond donors (Lipinski definition) is 1. The molecule has 0 spiro atoms. The minimum atomic E-state index is 0.154. The number of ether oxygens (including phenoxy) is 1. The summed E-state index contributed by atoms with van der Waals surface area (Å²) in [6, 6.07) is 11.1. The lowest BCUT2D eigenvalue weighted by molar-refractivity contribution is 0.00378. The van der Waals surface area contributed by atoms with Gasteiger partial charge in [0, 0.05) is 12.6 Å². The number of nitrogens with zero attached hydrogens (tertiary/aromatic N) is 1. The van der Waals surface area contributed by atoms with Crippen molar-refractivity contribution in [3.63, 3.8) is 0 Å². The molecule has 1 fully saturated rings. The van der Waals surface area contributed by atoms with Crippen LogP contribution in [0.4, 0.5) is 0 Å². The van der Waals surface area contributed by atoms with Gasteiger partial charge in [0.1, 0.15) is 0 Å². The molecule has 0 bridgehead atoms.